The maximum Gasteiger partial charge on any atom is 0.207 e. The topological polar surface area (TPSA) is 79.7 Å². The fraction of sp³-hybridized carbons (Fsp3) is 0.167. The number of nitrogens with zero attached hydrogens (tertiary/aromatic N) is 1. The summed E-state index contributed by atoms with van der Waals surface area (Å²) in [7, 11) is 1.45. The van der Waals surface area contributed by atoms with Crippen LogP contribution in [0.2, 0.25) is 0 Å². The number of aliphatic hydroxyl groups excluding tert-OH is 1. The van der Waals surface area contributed by atoms with Crippen LogP contribution in [0.3, 0.4) is 0 Å². The van der Waals surface area contributed by atoms with Gasteiger partial charge in [-0.25, -0.2) is 0 Å². The average molecular weight is 233 g/mol. The molecule has 88 valence electrons. The van der Waals surface area contributed by atoms with Crippen LogP contribution in [0.5, 0.6) is 11.5 Å². The van der Waals surface area contributed by atoms with E-state index in [1.165, 1.54) is 19.4 Å². The van der Waals surface area contributed by atoms with Crippen LogP contribution in [0, 0.1) is 0 Å². The minimum atomic E-state index is -0.612. The lowest BCUT2D eigenvalue weighted by molar-refractivity contribution is 0.0900. The fourth-order valence-electron chi connectivity index (χ4n) is 1.65. The van der Waals surface area contributed by atoms with Crippen LogP contribution in [0.25, 0.3) is 10.8 Å². The molecule has 1 aromatic carbocycles. The number of hydrogen-bond acceptors (Lipinski definition) is 5. The van der Waals surface area contributed by atoms with Crippen molar-refractivity contribution in [2.45, 2.75) is 0 Å². The van der Waals surface area contributed by atoms with E-state index in [0.717, 1.165) is 0 Å². The lowest BCUT2D eigenvalue weighted by atomic mass is 10.1. The number of methoxy groups -OCH3 is 1. The number of phenols is 1. The average Bonchev–Trinajstić information content (AvgIpc) is 2.36. The van der Waals surface area contributed by atoms with E-state index in [0.29, 0.717) is 16.5 Å². The van der Waals surface area contributed by atoms with Gasteiger partial charge in [0.2, 0.25) is 5.78 Å². The van der Waals surface area contributed by atoms with Crippen LogP contribution >= 0.6 is 0 Å². The highest BCUT2D eigenvalue weighted by atomic mass is 16.5. The molecule has 1 aromatic heterocycles. The van der Waals surface area contributed by atoms with E-state index < -0.39 is 12.4 Å². The van der Waals surface area contributed by atoms with Crippen molar-refractivity contribution in [3.05, 3.63) is 30.1 Å². The molecule has 2 aromatic rings. The van der Waals surface area contributed by atoms with Gasteiger partial charge >= 0.3 is 0 Å². The molecule has 0 saturated carbocycles. The van der Waals surface area contributed by atoms with Gasteiger partial charge < -0.3 is 14.9 Å². The van der Waals surface area contributed by atoms with Gasteiger partial charge in [0.15, 0.2) is 11.5 Å². The molecule has 1 heterocycles. The number of carbonyl (C=O) groups excluding carboxylic acids is 1. The number of Topliss-reactive ketones (excluding diaryl/α,β-unsaturated/α-hetero) is 1. The predicted octanol–water partition coefficient (Wildman–Crippen LogP) is 1.12. The third-order valence-electron chi connectivity index (χ3n) is 2.47. The molecule has 0 atom stereocenters. The summed E-state index contributed by atoms with van der Waals surface area (Å²) >= 11 is 0. The van der Waals surface area contributed by atoms with E-state index in [4.69, 9.17) is 9.84 Å². The second-order valence-corrected chi connectivity index (χ2v) is 3.49. The summed E-state index contributed by atoms with van der Waals surface area (Å²) < 4.78 is 4.98. The lowest BCUT2D eigenvalue weighted by Gasteiger charge is -2.07. The number of aliphatic hydroxyl groups is 1. The largest absolute Gasteiger partial charge is 0.504 e. The molecule has 2 N–H and O–H groups in total. The molecule has 0 radical (unpaired) electrons. The first-order valence-corrected chi connectivity index (χ1v) is 4.97. The molecular formula is C12H11NO4. The number of ketones is 1. The summed E-state index contributed by atoms with van der Waals surface area (Å²) in [6.45, 7) is -0.612. The first kappa shape index (κ1) is 11.3. The molecule has 0 spiro atoms. The van der Waals surface area contributed by atoms with Crippen LogP contribution in [0.4, 0.5) is 0 Å². The Hall–Kier alpha value is -2.14. The van der Waals surface area contributed by atoms with Gasteiger partial charge in [-0.2, -0.15) is 0 Å². The molecule has 0 unspecified atom stereocenters. The summed E-state index contributed by atoms with van der Waals surface area (Å²) in [6, 6.07) is 4.72. The summed E-state index contributed by atoms with van der Waals surface area (Å²) in [5.41, 5.74) is 0.142. The number of benzene rings is 1. The van der Waals surface area contributed by atoms with Crippen molar-refractivity contribution in [1.29, 1.82) is 0 Å². The summed E-state index contributed by atoms with van der Waals surface area (Å²) in [5, 5.41) is 19.7. The van der Waals surface area contributed by atoms with Crippen LogP contribution in [-0.4, -0.2) is 34.7 Å². The van der Waals surface area contributed by atoms with Crippen molar-refractivity contribution >= 4 is 16.6 Å². The van der Waals surface area contributed by atoms with Crippen molar-refractivity contribution in [1.82, 2.24) is 4.98 Å². The minimum absolute atomic E-state index is 0.0695. The molecule has 2 rings (SSSR count). The smallest absolute Gasteiger partial charge is 0.207 e. The molecule has 0 aliphatic carbocycles. The molecule has 5 nitrogen and oxygen atoms in total. The Kier molecular flexibility index (Phi) is 2.93. The van der Waals surface area contributed by atoms with Gasteiger partial charge in [-0.05, 0) is 23.6 Å². The Bertz CT molecular complexity index is 580. The number of hydrogen-bond donors (Lipinski definition) is 2. The monoisotopic (exact) mass is 233 g/mol. The molecular weight excluding hydrogens is 222 g/mol. The van der Waals surface area contributed by atoms with Crippen LogP contribution in [-0.2, 0) is 0 Å². The van der Waals surface area contributed by atoms with Gasteiger partial charge in [0.1, 0.15) is 12.3 Å². The van der Waals surface area contributed by atoms with Crippen molar-refractivity contribution in [2.75, 3.05) is 13.7 Å². The third kappa shape index (κ3) is 1.92. The number of pyridine rings is 1. The molecule has 0 bridgehead atoms. The highest BCUT2D eigenvalue weighted by Crippen LogP contribution is 2.32. The second-order valence-electron chi connectivity index (χ2n) is 3.49. The van der Waals surface area contributed by atoms with Crippen molar-refractivity contribution in [3.63, 3.8) is 0 Å². The number of carbonyl (C=O) groups is 1. The quantitative estimate of drug-likeness (QED) is 0.777. The maximum absolute atomic E-state index is 11.5. The van der Waals surface area contributed by atoms with Crippen molar-refractivity contribution in [2.24, 2.45) is 0 Å². The van der Waals surface area contributed by atoms with Crippen LogP contribution < -0.4 is 4.74 Å². The Balaban J connectivity index is 2.72. The molecule has 0 saturated heterocycles. The van der Waals surface area contributed by atoms with E-state index in [1.807, 2.05) is 0 Å². The van der Waals surface area contributed by atoms with E-state index in [2.05, 4.69) is 4.98 Å². The number of aromatic nitrogens is 1. The van der Waals surface area contributed by atoms with E-state index >= 15 is 0 Å². The fourth-order valence-corrected chi connectivity index (χ4v) is 1.65. The van der Waals surface area contributed by atoms with E-state index in [-0.39, 0.29) is 11.4 Å². The third-order valence-corrected chi connectivity index (χ3v) is 2.47. The normalized spacial score (nSPS) is 10.5. The molecule has 0 fully saturated rings. The number of rotatable bonds is 3. The summed E-state index contributed by atoms with van der Waals surface area (Å²) in [6.07, 6.45) is 1.47. The van der Waals surface area contributed by atoms with Crippen LogP contribution in [0.1, 0.15) is 10.5 Å². The van der Waals surface area contributed by atoms with Gasteiger partial charge in [-0.3, -0.25) is 9.78 Å². The van der Waals surface area contributed by atoms with Crippen LogP contribution in [0.15, 0.2) is 24.4 Å². The minimum Gasteiger partial charge on any atom is -0.504 e. The number of aromatic hydroxyl groups is 1. The Morgan fingerprint density at radius 2 is 2.24 bits per heavy atom. The Morgan fingerprint density at radius 3 is 2.88 bits per heavy atom. The van der Waals surface area contributed by atoms with Crippen molar-refractivity contribution in [3.8, 4) is 11.5 Å². The van der Waals surface area contributed by atoms with Gasteiger partial charge in [0, 0.05) is 11.6 Å². The molecule has 5 heteroatoms. The van der Waals surface area contributed by atoms with Gasteiger partial charge in [-0.1, -0.05) is 0 Å². The molecule has 17 heavy (non-hydrogen) atoms. The second kappa shape index (κ2) is 4.39. The standard InChI is InChI=1S/C12H11NO4/c1-17-11-4-7-2-3-13-12(10(16)6-14)8(7)5-9(11)15/h2-5,14-15H,6H2,1H3. The lowest BCUT2D eigenvalue weighted by Crippen LogP contribution is -2.07. The number of fused-ring (bicyclic) bond motifs is 1. The highest BCUT2D eigenvalue weighted by Gasteiger charge is 2.13. The van der Waals surface area contributed by atoms with Gasteiger partial charge in [0.25, 0.3) is 0 Å². The zero-order valence-electron chi connectivity index (χ0n) is 9.17. The summed E-state index contributed by atoms with van der Waals surface area (Å²) in [4.78, 5) is 15.4. The Morgan fingerprint density at radius 1 is 1.47 bits per heavy atom. The van der Waals surface area contributed by atoms with E-state index in [9.17, 15) is 9.90 Å². The maximum atomic E-state index is 11.5. The molecule has 0 aliphatic rings. The van der Waals surface area contributed by atoms with Gasteiger partial charge in [-0.15, -0.1) is 0 Å². The zero-order valence-corrected chi connectivity index (χ0v) is 9.17. The Labute approximate surface area is 97.3 Å². The van der Waals surface area contributed by atoms with E-state index in [1.54, 1.807) is 12.1 Å². The molecule has 0 aliphatic heterocycles. The predicted molar refractivity (Wildman–Crippen MR) is 61.4 cm³/mol. The van der Waals surface area contributed by atoms with Crippen molar-refractivity contribution < 1.29 is 19.7 Å². The first-order valence-electron chi connectivity index (χ1n) is 4.97. The SMILES string of the molecule is COc1cc2ccnc(C(=O)CO)c2cc1O. The first-order chi connectivity index (χ1) is 8.17. The highest BCUT2D eigenvalue weighted by molar-refractivity contribution is 6.07. The number of phenolic OH excluding ortho intramolecular Hbond substituents is 1. The number of ether oxygens (including phenoxy) is 1. The zero-order chi connectivity index (χ0) is 12.4. The summed E-state index contributed by atoms with van der Waals surface area (Å²) in [5.74, 6) is -0.230. The van der Waals surface area contributed by atoms with Gasteiger partial charge in [0.05, 0.1) is 7.11 Å². The molecule has 0 amide bonds.